The smallest absolute Gasteiger partial charge is 0.254 e. The van der Waals surface area contributed by atoms with Gasteiger partial charge in [0.15, 0.2) is 0 Å². The lowest BCUT2D eigenvalue weighted by atomic mass is 9.81. The molecule has 4 rings (SSSR count). The highest BCUT2D eigenvalue weighted by Gasteiger charge is 2.44. The number of nitrogens with one attached hydrogen (secondary N) is 1. The molecule has 0 saturated carbocycles. The van der Waals surface area contributed by atoms with E-state index in [0.29, 0.717) is 24.6 Å². The molecule has 0 bridgehead atoms. The van der Waals surface area contributed by atoms with Gasteiger partial charge in [0.1, 0.15) is 0 Å². The second-order valence-electron chi connectivity index (χ2n) is 10.7. The van der Waals surface area contributed by atoms with Crippen molar-refractivity contribution in [3.63, 3.8) is 0 Å². The number of likely N-dealkylation sites (tertiary alicyclic amines) is 1. The quantitative estimate of drug-likeness (QED) is 0.529. The Hall–Kier alpha value is -2.18. The lowest BCUT2D eigenvalue weighted by Gasteiger charge is -2.42. The van der Waals surface area contributed by atoms with Gasteiger partial charge >= 0.3 is 0 Å². The van der Waals surface area contributed by atoms with Crippen molar-refractivity contribution < 1.29 is 9.59 Å². The van der Waals surface area contributed by atoms with Crippen LogP contribution in [0.5, 0.6) is 0 Å². The van der Waals surface area contributed by atoms with Crippen LogP contribution in [0, 0.1) is 17.8 Å². The van der Waals surface area contributed by atoms with Gasteiger partial charge in [-0.15, -0.1) is 11.3 Å². The highest BCUT2D eigenvalue weighted by atomic mass is 32.1. The summed E-state index contributed by atoms with van der Waals surface area (Å²) in [5.74, 6) is 1.45. The van der Waals surface area contributed by atoms with Gasteiger partial charge in [-0.3, -0.25) is 9.59 Å². The molecular weight excluding hydrogens is 442 g/mol. The minimum atomic E-state index is -0.402. The third kappa shape index (κ3) is 5.55. The fourth-order valence-electron chi connectivity index (χ4n) is 5.84. The molecule has 0 aliphatic carbocycles. The molecule has 4 atom stereocenters. The van der Waals surface area contributed by atoms with Crippen LogP contribution < -0.4 is 5.32 Å². The third-order valence-corrected chi connectivity index (χ3v) is 7.96. The van der Waals surface area contributed by atoms with Crippen LogP contribution in [-0.2, 0) is 4.79 Å². The molecule has 6 heteroatoms. The van der Waals surface area contributed by atoms with Gasteiger partial charge in [-0.2, -0.15) is 0 Å². The maximum atomic E-state index is 13.7. The third-order valence-electron chi connectivity index (χ3n) is 7.01. The molecule has 0 radical (unpaired) electrons. The van der Waals surface area contributed by atoms with Crippen molar-refractivity contribution in [1.82, 2.24) is 15.1 Å². The number of hydrogen-bond donors (Lipinski definition) is 1. The summed E-state index contributed by atoms with van der Waals surface area (Å²) >= 11 is 1.63. The van der Waals surface area contributed by atoms with E-state index in [9.17, 15) is 9.59 Å². The Morgan fingerprint density at radius 2 is 1.85 bits per heavy atom. The van der Waals surface area contributed by atoms with Gasteiger partial charge in [0.25, 0.3) is 5.91 Å². The predicted octanol–water partition coefficient (Wildman–Crippen LogP) is 5.17. The number of hydrogen-bond acceptors (Lipinski definition) is 4. The molecular formula is C28H39N3O2S. The van der Waals surface area contributed by atoms with Crippen LogP contribution in [0.15, 0.2) is 41.8 Å². The SMILES string of the molecule is CC(C)CN1C(=O)c2ccccc2[C@H](C(=O)NCCCN2C[C@H](C)C[C@H](C)C2)[C@H]1c1cccs1. The minimum Gasteiger partial charge on any atom is -0.355 e. The molecule has 184 valence electrons. The molecule has 2 amide bonds. The normalized spacial score (nSPS) is 25.4. The predicted molar refractivity (Wildman–Crippen MR) is 139 cm³/mol. The Balaban J connectivity index is 1.52. The molecule has 34 heavy (non-hydrogen) atoms. The first-order chi connectivity index (χ1) is 16.3. The number of rotatable bonds is 8. The molecule has 2 aromatic rings. The summed E-state index contributed by atoms with van der Waals surface area (Å²) in [6, 6.07) is 11.5. The molecule has 1 aromatic carbocycles. The Morgan fingerprint density at radius 1 is 1.12 bits per heavy atom. The molecule has 0 spiro atoms. The van der Waals surface area contributed by atoms with E-state index in [1.165, 1.54) is 6.42 Å². The van der Waals surface area contributed by atoms with Crippen LogP contribution in [0.25, 0.3) is 0 Å². The molecule has 1 saturated heterocycles. The van der Waals surface area contributed by atoms with E-state index in [1.54, 1.807) is 11.3 Å². The van der Waals surface area contributed by atoms with Crippen molar-refractivity contribution in [1.29, 1.82) is 0 Å². The van der Waals surface area contributed by atoms with E-state index in [2.05, 4.69) is 44.0 Å². The highest BCUT2D eigenvalue weighted by Crippen LogP contribution is 2.44. The topological polar surface area (TPSA) is 52.7 Å². The Bertz CT molecular complexity index is 964. The summed E-state index contributed by atoms with van der Waals surface area (Å²) < 4.78 is 0. The second-order valence-corrected chi connectivity index (χ2v) is 11.7. The number of benzene rings is 1. The molecule has 2 aliphatic heterocycles. The monoisotopic (exact) mass is 481 g/mol. The number of piperidine rings is 1. The first-order valence-electron chi connectivity index (χ1n) is 12.8. The zero-order chi connectivity index (χ0) is 24.2. The van der Waals surface area contributed by atoms with Crippen LogP contribution in [-0.4, -0.2) is 54.3 Å². The Kier molecular flexibility index (Phi) is 8.10. The summed E-state index contributed by atoms with van der Waals surface area (Å²) in [4.78, 5) is 32.7. The summed E-state index contributed by atoms with van der Waals surface area (Å²) in [6.45, 7) is 13.5. The maximum absolute atomic E-state index is 13.7. The van der Waals surface area contributed by atoms with Gasteiger partial charge in [0.05, 0.1) is 12.0 Å². The first-order valence-corrected chi connectivity index (χ1v) is 13.7. The van der Waals surface area contributed by atoms with Crippen LogP contribution in [0.1, 0.15) is 73.3 Å². The lowest BCUT2D eigenvalue weighted by molar-refractivity contribution is -0.124. The summed E-state index contributed by atoms with van der Waals surface area (Å²) in [7, 11) is 0. The standard InChI is InChI=1S/C28H39N3O2S/c1-19(2)16-31-26(24-11-7-14-34-24)25(22-9-5-6-10-23(22)28(31)33)27(32)29-12-8-13-30-17-20(3)15-21(4)18-30/h5-7,9-11,14,19-21,25-26H,8,12-13,15-18H2,1-4H3,(H,29,32)/t20-,21+,25-,26+/m0/s1. The molecule has 1 fully saturated rings. The number of fused-ring (bicyclic) bond motifs is 1. The Labute approximate surface area is 208 Å². The molecule has 0 unspecified atom stereocenters. The molecule has 3 heterocycles. The van der Waals surface area contributed by atoms with E-state index in [-0.39, 0.29) is 17.9 Å². The average molecular weight is 482 g/mol. The van der Waals surface area contributed by atoms with Crippen molar-refractivity contribution in [3.8, 4) is 0 Å². The summed E-state index contributed by atoms with van der Waals surface area (Å²) in [5, 5.41) is 5.27. The maximum Gasteiger partial charge on any atom is 0.254 e. The van der Waals surface area contributed by atoms with E-state index in [4.69, 9.17) is 0 Å². The molecule has 5 nitrogen and oxygen atoms in total. The second kappa shape index (κ2) is 11.0. The van der Waals surface area contributed by atoms with Gasteiger partial charge in [-0.25, -0.2) is 0 Å². The average Bonchev–Trinajstić information content (AvgIpc) is 3.32. The van der Waals surface area contributed by atoms with E-state index in [1.807, 2.05) is 40.6 Å². The Morgan fingerprint density at radius 3 is 2.53 bits per heavy atom. The van der Waals surface area contributed by atoms with Crippen molar-refractivity contribution in [2.24, 2.45) is 17.8 Å². The number of amides is 2. The number of carbonyl (C=O) groups excluding carboxylic acids is 2. The fourth-order valence-corrected chi connectivity index (χ4v) is 6.72. The van der Waals surface area contributed by atoms with Crippen LogP contribution in [0.3, 0.4) is 0 Å². The van der Waals surface area contributed by atoms with Gasteiger partial charge in [0, 0.05) is 36.6 Å². The molecule has 1 N–H and O–H groups in total. The van der Waals surface area contributed by atoms with Crippen molar-refractivity contribution in [2.45, 2.75) is 52.5 Å². The van der Waals surface area contributed by atoms with Crippen molar-refractivity contribution in [3.05, 3.63) is 57.8 Å². The van der Waals surface area contributed by atoms with E-state index < -0.39 is 5.92 Å². The largest absolute Gasteiger partial charge is 0.355 e. The van der Waals surface area contributed by atoms with Crippen LogP contribution in [0.4, 0.5) is 0 Å². The van der Waals surface area contributed by atoms with E-state index >= 15 is 0 Å². The van der Waals surface area contributed by atoms with E-state index in [0.717, 1.165) is 48.3 Å². The number of thiophene rings is 1. The lowest BCUT2D eigenvalue weighted by Crippen LogP contribution is -2.48. The molecule has 2 aliphatic rings. The number of carbonyl (C=O) groups is 2. The molecule has 1 aromatic heterocycles. The van der Waals surface area contributed by atoms with Crippen LogP contribution >= 0.6 is 11.3 Å². The van der Waals surface area contributed by atoms with Gasteiger partial charge in [0.2, 0.25) is 5.91 Å². The number of nitrogens with zero attached hydrogens (tertiary/aromatic N) is 2. The van der Waals surface area contributed by atoms with Crippen molar-refractivity contribution in [2.75, 3.05) is 32.7 Å². The van der Waals surface area contributed by atoms with Crippen LogP contribution in [0.2, 0.25) is 0 Å². The summed E-state index contributed by atoms with van der Waals surface area (Å²) in [5.41, 5.74) is 1.51. The zero-order valence-electron chi connectivity index (χ0n) is 21.0. The zero-order valence-corrected chi connectivity index (χ0v) is 21.8. The van der Waals surface area contributed by atoms with Gasteiger partial charge in [-0.05, 0) is 60.2 Å². The summed E-state index contributed by atoms with van der Waals surface area (Å²) in [6.07, 6.45) is 2.25. The minimum absolute atomic E-state index is 0.0208. The highest BCUT2D eigenvalue weighted by molar-refractivity contribution is 7.10. The van der Waals surface area contributed by atoms with Gasteiger partial charge in [-0.1, -0.05) is 52.0 Å². The van der Waals surface area contributed by atoms with Crippen molar-refractivity contribution >= 4 is 23.2 Å². The van der Waals surface area contributed by atoms with Gasteiger partial charge < -0.3 is 15.1 Å². The first kappa shape index (κ1) is 24.9. The fraction of sp³-hybridized carbons (Fsp3) is 0.571.